The van der Waals surface area contributed by atoms with Crippen molar-refractivity contribution < 1.29 is 9.53 Å². The van der Waals surface area contributed by atoms with Crippen LogP contribution in [-0.4, -0.2) is 18.4 Å². The second kappa shape index (κ2) is 5.73. The molecule has 1 aliphatic heterocycles. The molecule has 17 heavy (non-hydrogen) atoms. The van der Waals surface area contributed by atoms with Crippen LogP contribution >= 0.6 is 11.6 Å². The average molecular weight is 252 g/mol. The fourth-order valence-corrected chi connectivity index (χ4v) is 1.85. The molecule has 1 aliphatic rings. The van der Waals surface area contributed by atoms with Gasteiger partial charge in [0.2, 0.25) is 5.91 Å². The number of hydrogen-bond acceptors (Lipinski definition) is 2. The van der Waals surface area contributed by atoms with Crippen molar-refractivity contribution in [1.29, 1.82) is 0 Å². The van der Waals surface area contributed by atoms with Gasteiger partial charge in [0, 0.05) is 18.0 Å². The first-order valence-corrected chi connectivity index (χ1v) is 6.09. The summed E-state index contributed by atoms with van der Waals surface area (Å²) in [5.74, 6) is 1.40. The largest absolute Gasteiger partial charge is 0.490 e. The lowest BCUT2D eigenvalue weighted by Crippen LogP contribution is -2.18. The van der Waals surface area contributed by atoms with Gasteiger partial charge in [0.05, 0.1) is 0 Å². The maximum atomic E-state index is 11.2. The molecule has 0 saturated carbocycles. The maximum absolute atomic E-state index is 11.2. The Balaban J connectivity index is 2.01. The molecule has 0 aliphatic carbocycles. The van der Waals surface area contributed by atoms with E-state index >= 15 is 0 Å². The first-order chi connectivity index (χ1) is 8.29. The van der Waals surface area contributed by atoms with Gasteiger partial charge >= 0.3 is 0 Å². The zero-order valence-corrected chi connectivity index (χ0v) is 10.2. The van der Waals surface area contributed by atoms with E-state index in [9.17, 15) is 4.79 Å². The molecule has 1 amide bonds. The van der Waals surface area contributed by atoms with Gasteiger partial charge in [-0.1, -0.05) is 12.2 Å². The number of carbonyl (C=O) groups excluding carboxylic acids is 1. The lowest BCUT2D eigenvalue weighted by molar-refractivity contribution is -0.116. The normalized spacial score (nSPS) is 14.5. The number of nitrogens with one attached hydrogen (secondary N) is 1. The van der Waals surface area contributed by atoms with E-state index in [-0.39, 0.29) is 5.91 Å². The Morgan fingerprint density at radius 2 is 2.24 bits per heavy atom. The third-order valence-electron chi connectivity index (χ3n) is 2.57. The molecular formula is C13H14ClNO2. The van der Waals surface area contributed by atoms with Crippen molar-refractivity contribution in [2.24, 2.45) is 0 Å². The van der Waals surface area contributed by atoms with Crippen molar-refractivity contribution in [1.82, 2.24) is 0 Å². The molecule has 1 heterocycles. The van der Waals surface area contributed by atoms with Gasteiger partial charge in [0.15, 0.2) is 0 Å². The Kier molecular flexibility index (Phi) is 4.04. The van der Waals surface area contributed by atoms with Gasteiger partial charge in [0.1, 0.15) is 12.4 Å². The van der Waals surface area contributed by atoms with Gasteiger partial charge in [0.25, 0.3) is 0 Å². The van der Waals surface area contributed by atoms with Gasteiger partial charge in [-0.3, -0.25) is 4.79 Å². The highest BCUT2D eigenvalue weighted by atomic mass is 35.5. The molecule has 1 aromatic carbocycles. The average Bonchev–Trinajstić information content (AvgIpc) is 2.35. The molecule has 1 N–H and O–H groups in total. The molecular weight excluding hydrogens is 238 g/mol. The fourth-order valence-electron chi connectivity index (χ4n) is 1.72. The van der Waals surface area contributed by atoms with E-state index in [4.69, 9.17) is 16.3 Å². The van der Waals surface area contributed by atoms with Crippen molar-refractivity contribution in [2.75, 3.05) is 17.8 Å². The Morgan fingerprint density at radius 3 is 3.06 bits per heavy atom. The number of ether oxygens (including phenoxy) is 1. The number of fused-ring (bicyclic) bond motifs is 1. The first-order valence-electron chi connectivity index (χ1n) is 5.56. The van der Waals surface area contributed by atoms with Crippen LogP contribution in [-0.2, 0) is 11.2 Å². The number of aryl methyl sites for hydroxylation is 1. The summed E-state index contributed by atoms with van der Waals surface area (Å²) in [6.45, 7) is 0.512. The number of carbonyl (C=O) groups is 1. The van der Waals surface area contributed by atoms with Crippen LogP contribution in [0.15, 0.2) is 30.4 Å². The van der Waals surface area contributed by atoms with Crippen molar-refractivity contribution in [3.8, 4) is 5.75 Å². The molecule has 3 nitrogen and oxygen atoms in total. The van der Waals surface area contributed by atoms with E-state index in [1.807, 2.05) is 30.4 Å². The standard InChI is InChI=1S/C13H14ClNO2/c14-7-1-2-8-17-11-4-5-12-10(9-11)3-6-13(16)15-12/h1-2,4-5,9H,3,6-8H2,(H,15,16). The molecule has 4 heteroatoms. The van der Waals surface area contributed by atoms with E-state index in [1.54, 1.807) is 0 Å². The number of halogens is 1. The maximum Gasteiger partial charge on any atom is 0.224 e. The highest BCUT2D eigenvalue weighted by Gasteiger charge is 2.14. The van der Waals surface area contributed by atoms with Gasteiger partial charge < -0.3 is 10.1 Å². The molecule has 2 rings (SSSR count). The second-order valence-corrected chi connectivity index (χ2v) is 4.11. The number of alkyl halides is 1. The summed E-state index contributed by atoms with van der Waals surface area (Å²) in [5.41, 5.74) is 2.02. The highest BCUT2D eigenvalue weighted by molar-refractivity contribution is 6.18. The lowest BCUT2D eigenvalue weighted by atomic mass is 10.0. The molecule has 0 atom stereocenters. The predicted octanol–water partition coefficient (Wildman–Crippen LogP) is 2.75. The topological polar surface area (TPSA) is 38.3 Å². The van der Waals surface area contributed by atoms with Crippen LogP contribution in [0.4, 0.5) is 5.69 Å². The minimum Gasteiger partial charge on any atom is -0.490 e. The lowest BCUT2D eigenvalue weighted by Gasteiger charge is -2.17. The number of benzene rings is 1. The van der Waals surface area contributed by atoms with Gasteiger partial charge in [-0.15, -0.1) is 11.6 Å². The van der Waals surface area contributed by atoms with E-state index < -0.39 is 0 Å². The molecule has 0 bridgehead atoms. The Hall–Kier alpha value is -1.48. The van der Waals surface area contributed by atoms with Crippen LogP contribution in [0, 0.1) is 0 Å². The Morgan fingerprint density at radius 1 is 1.35 bits per heavy atom. The fraction of sp³-hybridized carbons (Fsp3) is 0.308. The monoisotopic (exact) mass is 251 g/mol. The summed E-state index contributed by atoms with van der Waals surface area (Å²) < 4.78 is 5.54. The molecule has 0 spiro atoms. The molecule has 0 aromatic heterocycles. The van der Waals surface area contributed by atoms with Crippen molar-refractivity contribution >= 4 is 23.2 Å². The summed E-state index contributed by atoms with van der Waals surface area (Å²) in [5, 5.41) is 2.84. The van der Waals surface area contributed by atoms with Crippen LogP contribution in [0.5, 0.6) is 5.75 Å². The van der Waals surface area contributed by atoms with Crippen LogP contribution in [0.25, 0.3) is 0 Å². The Labute approximate surface area is 105 Å². The molecule has 90 valence electrons. The molecule has 0 unspecified atom stereocenters. The van der Waals surface area contributed by atoms with Gasteiger partial charge in [-0.25, -0.2) is 0 Å². The van der Waals surface area contributed by atoms with Crippen LogP contribution in [0.1, 0.15) is 12.0 Å². The molecule has 1 aromatic rings. The summed E-state index contributed by atoms with van der Waals surface area (Å²) in [6.07, 6.45) is 5.05. The summed E-state index contributed by atoms with van der Waals surface area (Å²) in [6, 6.07) is 5.72. The summed E-state index contributed by atoms with van der Waals surface area (Å²) in [4.78, 5) is 11.2. The second-order valence-electron chi connectivity index (χ2n) is 3.80. The molecule has 0 fully saturated rings. The number of anilines is 1. The summed E-state index contributed by atoms with van der Waals surface area (Å²) >= 11 is 5.51. The van der Waals surface area contributed by atoms with Crippen LogP contribution < -0.4 is 10.1 Å². The third-order valence-corrected chi connectivity index (χ3v) is 2.75. The summed E-state index contributed by atoms with van der Waals surface area (Å²) in [7, 11) is 0. The minimum atomic E-state index is 0.0798. The first kappa shape index (κ1) is 12.0. The van der Waals surface area contributed by atoms with E-state index in [2.05, 4.69) is 5.32 Å². The van der Waals surface area contributed by atoms with Crippen molar-refractivity contribution in [3.05, 3.63) is 35.9 Å². The molecule has 0 saturated heterocycles. The smallest absolute Gasteiger partial charge is 0.224 e. The molecule has 0 radical (unpaired) electrons. The van der Waals surface area contributed by atoms with E-state index in [0.29, 0.717) is 18.9 Å². The third kappa shape index (κ3) is 3.24. The highest BCUT2D eigenvalue weighted by Crippen LogP contribution is 2.26. The minimum absolute atomic E-state index is 0.0798. The quantitative estimate of drug-likeness (QED) is 0.660. The van der Waals surface area contributed by atoms with Crippen LogP contribution in [0.2, 0.25) is 0 Å². The van der Waals surface area contributed by atoms with Gasteiger partial charge in [-0.2, -0.15) is 0 Å². The zero-order chi connectivity index (χ0) is 12.1. The zero-order valence-electron chi connectivity index (χ0n) is 9.41. The SMILES string of the molecule is O=C1CCc2cc(OCC=CCCl)ccc2N1. The number of hydrogen-bond donors (Lipinski definition) is 1. The van der Waals surface area contributed by atoms with Gasteiger partial charge in [-0.05, 0) is 30.2 Å². The number of rotatable bonds is 4. The van der Waals surface area contributed by atoms with Crippen molar-refractivity contribution in [3.63, 3.8) is 0 Å². The number of allylic oxidation sites excluding steroid dienone is 1. The van der Waals surface area contributed by atoms with Crippen molar-refractivity contribution in [2.45, 2.75) is 12.8 Å². The number of amides is 1. The van der Waals surface area contributed by atoms with E-state index in [0.717, 1.165) is 23.4 Å². The van der Waals surface area contributed by atoms with E-state index in [1.165, 1.54) is 0 Å². The van der Waals surface area contributed by atoms with Crippen LogP contribution in [0.3, 0.4) is 0 Å². The Bertz CT molecular complexity index is 443. The predicted molar refractivity (Wildman–Crippen MR) is 68.7 cm³/mol.